The van der Waals surface area contributed by atoms with Crippen LogP contribution in [0, 0.1) is 0 Å². The fourth-order valence-electron chi connectivity index (χ4n) is 3.55. The summed E-state index contributed by atoms with van der Waals surface area (Å²) in [5, 5.41) is 9.52. The molecule has 0 aliphatic carbocycles. The number of halogens is 1. The molecule has 0 N–H and O–H groups in total. The number of aryl methyl sites for hydroxylation is 1. The van der Waals surface area contributed by atoms with Crippen LogP contribution in [0.15, 0.2) is 12.5 Å². The molecule has 22 heavy (non-hydrogen) atoms. The largest absolute Gasteiger partial charge is 0.345 e. The highest BCUT2D eigenvalue weighted by atomic mass is 35.5. The number of fused-ring (bicyclic) bond motifs is 1. The minimum Gasteiger partial charge on any atom is -0.345 e. The first-order valence-corrected chi connectivity index (χ1v) is 8.36. The second-order valence-corrected chi connectivity index (χ2v) is 6.39. The summed E-state index contributed by atoms with van der Waals surface area (Å²) in [6, 6.07) is 0.209. The molecule has 2 aromatic heterocycles. The van der Waals surface area contributed by atoms with Crippen molar-refractivity contribution in [1.29, 1.82) is 0 Å². The molecule has 1 atom stereocenters. The molecule has 0 bridgehead atoms. The van der Waals surface area contributed by atoms with E-state index < -0.39 is 0 Å². The van der Waals surface area contributed by atoms with Gasteiger partial charge >= 0.3 is 0 Å². The van der Waals surface area contributed by atoms with Crippen molar-refractivity contribution in [2.24, 2.45) is 0 Å². The molecule has 0 radical (unpaired) electrons. The molecule has 116 valence electrons. The molecule has 1 fully saturated rings. The molecule has 4 heterocycles. The molecule has 2 aliphatic rings. The lowest BCUT2D eigenvalue weighted by atomic mass is 10.0. The Bertz CT molecular complexity index is 670. The van der Waals surface area contributed by atoms with Gasteiger partial charge in [0.2, 0.25) is 0 Å². The average Bonchev–Trinajstić information content (AvgIpc) is 2.99. The van der Waals surface area contributed by atoms with Crippen LogP contribution in [-0.2, 0) is 13.0 Å². The van der Waals surface area contributed by atoms with Crippen LogP contribution in [0.5, 0.6) is 0 Å². The lowest BCUT2D eigenvalue weighted by Crippen LogP contribution is -2.36. The first-order chi connectivity index (χ1) is 10.8. The number of hydrogen-bond donors (Lipinski definition) is 0. The summed E-state index contributed by atoms with van der Waals surface area (Å²) in [4.78, 5) is 10.7. The topological polar surface area (TPSA) is 59.7 Å². The molecule has 1 unspecified atom stereocenters. The standard InChI is InChI=1S/C15H19ClN6/c16-11-9-17-10-18-14(11)21-7-3-1-5-12(21)15-20-19-13-6-2-4-8-22(13)15/h9-10,12H,1-8H2. The lowest BCUT2D eigenvalue weighted by Gasteiger charge is -2.36. The van der Waals surface area contributed by atoms with E-state index in [0.717, 1.165) is 49.8 Å². The van der Waals surface area contributed by atoms with Gasteiger partial charge in [-0.25, -0.2) is 9.97 Å². The molecule has 0 saturated carbocycles. The van der Waals surface area contributed by atoms with Crippen LogP contribution in [0.4, 0.5) is 5.82 Å². The Kier molecular flexibility index (Phi) is 3.70. The molecule has 0 spiro atoms. The van der Waals surface area contributed by atoms with E-state index in [1.165, 1.54) is 19.3 Å². The van der Waals surface area contributed by atoms with E-state index in [1.54, 1.807) is 12.5 Å². The van der Waals surface area contributed by atoms with E-state index in [1.807, 2.05) is 0 Å². The maximum atomic E-state index is 6.32. The van der Waals surface area contributed by atoms with Crippen LogP contribution < -0.4 is 4.90 Å². The summed E-state index contributed by atoms with van der Waals surface area (Å²) >= 11 is 6.32. The summed E-state index contributed by atoms with van der Waals surface area (Å²) in [5.74, 6) is 3.01. The van der Waals surface area contributed by atoms with Gasteiger partial charge in [-0.05, 0) is 32.1 Å². The Morgan fingerprint density at radius 1 is 1.09 bits per heavy atom. The molecular formula is C15H19ClN6. The zero-order valence-electron chi connectivity index (χ0n) is 12.5. The average molecular weight is 319 g/mol. The van der Waals surface area contributed by atoms with Gasteiger partial charge in [0.15, 0.2) is 11.6 Å². The lowest BCUT2D eigenvalue weighted by molar-refractivity contribution is 0.420. The summed E-state index contributed by atoms with van der Waals surface area (Å²) in [6.45, 7) is 1.98. The van der Waals surface area contributed by atoms with Crippen LogP contribution in [0.25, 0.3) is 0 Å². The van der Waals surface area contributed by atoms with Crippen LogP contribution in [0.1, 0.15) is 49.8 Å². The van der Waals surface area contributed by atoms with Gasteiger partial charge in [0.1, 0.15) is 17.2 Å². The van der Waals surface area contributed by atoms with Gasteiger partial charge in [-0.15, -0.1) is 10.2 Å². The summed E-state index contributed by atoms with van der Waals surface area (Å²) in [5.41, 5.74) is 0. The van der Waals surface area contributed by atoms with Crippen LogP contribution in [-0.4, -0.2) is 31.3 Å². The summed E-state index contributed by atoms with van der Waals surface area (Å²) < 4.78 is 2.31. The van der Waals surface area contributed by atoms with E-state index in [-0.39, 0.29) is 6.04 Å². The molecule has 7 heteroatoms. The maximum Gasteiger partial charge on any atom is 0.155 e. The molecular weight excluding hydrogens is 300 g/mol. The number of aromatic nitrogens is 5. The molecule has 0 aromatic carbocycles. The third-order valence-corrected chi connectivity index (χ3v) is 4.88. The Hall–Kier alpha value is -1.69. The van der Waals surface area contributed by atoms with E-state index >= 15 is 0 Å². The Morgan fingerprint density at radius 2 is 2.00 bits per heavy atom. The fourth-order valence-corrected chi connectivity index (χ4v) is 3.76. The zero-order chi connectivity index (χ0) is 14.9. The Morgan fingerprint density at radius 3 is 2.91 bits per heavy atom. The number of rotatable bonds is 2. The van der Waals surface area contributed by atoms with E-state index in [4.69, 9.17) is 11.6 Å². The van der Waals surface area contributed by atoms with Crippen molar-refractivity contribution < 1.29 is 0 Å². The van der Waals surface area contributed by atoms with Crippen molar-refractivity contribution in [3.05, 3.63) is 29.2 Å². The van der Waals surface area contributed by atoms with Crippen molar-refractivity contribution in [2.75, 3.05) is 11.4 Å². The second kappa shape index (κ2) is 5.83. The molecule has 2 aromatic rings. The highest BCUT2D eigenvalue weighted by Crippen LogP contribution is 2.36. The quantitative estimate of drug-likeness (QED) is 0.852. The molecule has 4 rings (SSSR count). The van der Waals surface area contributed by atoms with Crippen molar-refractivity contribution in [3.63, 3.8) is 0 Å². The van der Waals surface area contributed by atoms with E-state index in [2.05, 4.69) is 29.6 Å². The van der Waals surface area contributed by atoms with Gasteiger partial charge in [0, 0.05) is 19.5 Å². The number of hydrogen-bond acceptors (Lipinski definition) is 5. The van der Waals surface area contributed by atoms with Gasteiger partial charge in [0.25, 0.3) is 0 Å². The van der Waals surface area contributed by atoms with Gasteiger partial charge in [-0.2, -0.15) is 0 Å². The first-order valence-electron chi connectivity index (χ1n) is 7.99. The van der Waals surface area contributed by atoms with Crippen LogP contribution in [0.2, 0.25) is 5.02 Å². The molecule has 6 nitrogen and oxygen atoms in total. The normalized spacial score (nSPS) is 21.7. The third-order valence-electron chi connectivity index (χ3n) is 4.61. The monoisotopic (exact) mass is 318 g/mol. The molecule has 1 saturated heterocycles. The smallest absolute Gasteiger partial charge is 0.155 e. The van der Waals surface area contributed by atoms with Crippen molar-refractivity contribution in [1.82, 2.24) is 24.7 Å². The minimum absolute atomic E-state index is 0.209. The third kappa shape index (κ3) is 2.35. The van der Waals surface area contributed by atoms with Gasteiger partial charge < -0.3 is 9.47 Å². The predicted molar refractivity (Wildman–Crippen MR) is 83.9 cm³/mol. The first kappa shape index (κ1) is 13.9. The number of piperidine rings is 1. The van der Waals surface area contributed by atoms with Crippen LogP contribution in [0.3, 0.4) is 0 Å². The molecule has 0 amide bonds. The number of anilines is 1. The summed E-state index contributed by atoms with van der Waals surface area (Å²) in [7, 11) is 0. The summed E-state index contributed by atoms with van der Waals surface area (Å²) in [6.07, 6.45) is 10.1. The van der Waals surface area contributed by atoms with Crippen molar-refractivity contribution >= 4 is 17.4 Å². The highest BCUT2D eigenvalue weighted by molar-refractivity contribution is 6.32. The van der Waals surface area contributed by atoms with Crippen molar-refractivity contribution in [2.45, 2.75) is 51.1 Å². The van der Waals surface area contributed by atoms with Gasteiger partial charge in [0.05, 0.1) is 12.2 Å². The minimum atomic E-state index is 0.209. The molecule has 2 aliphatic heterocycles. The van der Waals surface area contributed by atoms with Gasteiger partial charge in [-0.3, -0.25) is 0 Å². The van der Waals surface area contributed by atoms with Gasteiger partial charge in [-0.1, -0.05) is 11.6 Å². The maximum absolute atomic E-state index is 6.32. The highest BCUT2D eigenvalue weighted by Gasteiger charge is 2.31. The second-order valence-electron chi connectivity index (χ2n) is 5.98. The Balaban J connectivity index is 1.72. The Labute approximate surface area is 134 Å². The van der Waals surface area contributed by atoms with Crippen molar-refractivity contribution in [3.8, 4) is 0 Å². The predicted octanol–water partition coefficient (Wildman–Crippen LogP) is 2.79. The SMILES string of the molecule is Clc1cncnc1N1CCCCC1c1nnc2n1CCCC2. The fraction of sp³-hybridized carbons (Fsp3) is 0.600. The zero-order valence-corrected chi connectivity index (χ0v) is 13.2. The van der Waals surface area contributed by atoms with E-state index in [9.17, 15) is 0 Å². The van der Waals surface area contributed by atoms with E-state index in [0.29, 0.717) is 5.02 Å². The number of nitrogens with zero attached hydrogens (tertiary/aromatic N) is 6. The van der Waals surface area contributed by atoms with Crippen LogP contribution >= 0.6 is 11.6 Å².